The van der Waals surface area contributed by atoms with E-state index >= 15 is 0 Å². The van der Waals surface area contributed by atoms with Gasteiger partial charge in [-0.3, -0.25) is 4.90 Å². The molecular formula is C32H31FN4O2S. The first-order valence-electron chi connectivity index (χ1n) is 13.4. The second kappa shape index (κ2) is 10.6. The molecule has 1 saturated heterocycles. The van der Waals surface area contributed by atoms with E-state index < -0.39 is 15.8 Å². The standard InChI is InChI=1S/C32H31FN4O2S/c1-23-8-9-24(2)29(20-23)26-10-15-31-34-32(25-6-4-3-5-7-25)30(37(31)21-26)22-35-16-18-36(19-17-35)40(38,39)28-13-11-27(33)12-14-28/h3-15,20-21H,16-19,22H2,1-2H3. The van der Waals surface area contributed by atoms with Gasteiger partial charge < -0.3 is 4.40 Å². The molecule has 0 N–H and O–H groups in total. The Labute approximate surface area is 234 Å². The van der Waals surface area contributed by atoms with Crippen molar-refractivity contribution in [2.24, 2.45) is 0 Å². The van der Waals surface area contributed by atoms with Crippen molar-refractivity contribution in [3.05, 3.63) is 114 Å². The van der Waals surface area contributed by atoms with Crippen molar-refractivity contribution in [2.45, 2.75) is 25.3 Å². The predicted molar refractivity (Wildman–Crippen MR) is 156 cm³/mol. The Morgan fingerprint density at radius 1 is 0.825 bits per heavy atom. The molecule has 3 aromatic carbocycles. The van der Waals surface area contributed by atoms with Gasteiger partial charge in [-0.15, -0.1) is 0 Å². The molecule has 0 amide bonds. The quantitative estimate of drug-likeness (QED) is 0.261. The van der Waals surface area contributed by atoms with Crippen molar-refractivity contribution in [3.8, 4) is 22.4 Å². The van der Waals surface area contributed by atoms with Crippen LogP contribution in [0.25, 0.3) is 28.0 Å². The fourth-order valence-corrected chi connectivity index (χ4v) is 6.80. The van der Waals surface area contributed by atoms with Crippen LogP contribution >= 0.6 is 0 Å². The smallest absolute Gasteiger partial charge is 0.243 e. The van der Waals surface area contributed by atoms with Crippen LogP contribution < -0.4 is 0 Å². The summed E-state index contributed by atoms with van der Waals surface area (Å²) in [6.07, 6.45) is 2.17. The lowest BCUT2D eigenvalue weighted by Crippen LogP contribution is -2.48. The van der Waals surface area contributed by atoms with Crippen molar-refractivity contribution >= 4 is 15.7 Å². The van der Waals surface area contributed by atoms with Gasteiger partial charge in [0.1, 0.15) is 11.5 Å². The maximum atomic E-state index is 13.4. The van der Waals surface area contributed by atoms with E-state index in [1.54, 1.807) is 0 Å². The molecule has 0 atom stereocenters. The second-order valence-corrected chi connectivity index (χ2v) is 12.3. The molecule has 2 aromatic heterocycles. The molecule has 1 aliphatic heterocycles. The number of aryl methyl sites for hydroxylation is 2. The Bertz CT molecular complexity index is 1780. The van der Waals surface area contributed by atoms with Crippen molar-refractivity contribution in [1.82, 2.24) is 18.6 Å². The molecule has 1 aliphatic rings. The zero-order chi connectivity index (χ0) is 27.9. The summed E-state index contributed by atoms with van der Waals surface area (Å²) in [6.45, 7) is 6.76. The number of piperazine rings is 1. The van der Waals surface area contributed by atoms with Gasteiger partial charge in [0, 0.05) is 44.5 Å². The predicted octanol–water partition coefficient (Wildman–Crippen LogP) is 5.93. The van der Waals surface area contributed by atoms with Gasteiger partial charge in [-0.2, -0.15) is 4.31 Å². The Kier molecular flexibility index (Phi) is 7.00. The van der Waals surface area contributed by atoms with E-state index in [9.17, 15) is 12.8 Å². The first-order valence-corrected chi connectivity index (χ1v) is 14.9. The van der Waals surface area contributed by atoms with E-state index in [4.69, 9.17) is 4.98 Å². The third-order valence-electron chi connectivity index (χ3n) is 7.62. The number of aromatic nitrogens is 2. The number of benzene rings is 3. The average Bonchev–Trinajstić information content (AvgIpc) is 3.33. The van der Waals surface area contributed by atoms with Crippen molar-refractivity contribution in [1.29, 1.82) is 0 Å². The highest BCUT2D eigenvalue weighted by Gasteiger charge is 2.29. The number of imidazole rings is 1. The molecule has 5 aromatic rings. The van der Waals surface area contributed by atoms with Crippen molar-refractivity contribution in [2.75, 3.05) is 26.2 Å². The topological polar surface area (TPSA) is 57.9 Å². The zero-order valence-electron chi connectivity index (χ0n) is 22.6. The number of nitrogens with zero attached hydrogens (tertiary/aromatic N) is 4. The van der Waals surface area contributed by atoms with Gasteiger partial charge in [0.2, 0.25) is 10.0 Å². The molecule has 0 radical (unpaired) electrons. The lowest BCUT2D eigenvalue weighted by Gasteiger charge is -2.34. The van der Waals surface area contributed by atoms with Crippen molar-refractivity contribution < 1.29 is 12.8 Å². The Morgan fingerprint density at radius 2 is 1.55 bits per heavy atom. The molecule has 3 heterocycles. The average molecular weight is 555 g/mol. The molecule has 6 rings (SSSR count). The van der Waals surface area contributed by atoms with Gasteiger partial charge in [-0.1, -0.05) is 54.1 Å². The van der Waals surface area contributed by atoms with E-state index in [1.165, 1.54) is 45.3 Å². The molecule has 0 bridgehead atoms. The maximum absolute atomic E-state index is 13.4. The molecule has 1 fully saturated rings. The second-order valence-electron chi connectivity index (χ2n) is 10.4. The molecule has 8 heteroatoms. The molecule has 0 aliphatic carbocycles. The third-order valence-corrected chi connectivity index (χ3v) is 9.54. The summed E-state index contributed by atoms with van der Waals surface area (Å²) in [5, 5.41) is 0. The molecule has 6 nitrogen and oxygen atoms in total. The summed E-state index contributed by atoms with van der Waals surface area (Å²) in [5.74, 6) is -0.452. The first kappa shape index (κ1) is 26.4. The van der Waals surface area contributed by atoms with Crippen molar-refractivity contribution in [3.63, 3.8) is 0 Å². The summed E-state index contributed by atoms with van der Waals surface area (Å²) in [4.78, 5) is 7.42. The minimum absolute atomic E-state index is 0.120. The van der Waals surface area contributed by atoms with Crippen LogP contribution in [0.2, 0.25) is 0 Å². The van der Waals surface area contributed by atoms with Gasteiger partial charge in [0.15, 0.2) is 0 Å². The third kappa shape index (κ3) is 5.06. The highest BCUT2D eigenvalue weighted by molar-refractivity contribution is 7.89. The number of halogens is 1. The van der Waals surface area contributed by atoms with Gasteiger partial charge in [0.25, 0.3) is 0 Å². The lowest BCUT2D eigenvalue weighted by molar-refractivity contribution is 0.180. The van der Waals surface area contributed by atoms with Crippen LogP contribution in [0.5, 0.6) is 0 Å². The number of hydrogen-bond donors (Lipinski definition) is 0. The summed E-state index contributed by atoms with van der Waals surface area (Å²) in [7, 11) is -3.67. The normalized spacial score (nSPS) is 15.1. The van der Waals surface area contributed by atoms with Gasteiger partial charge in [0.05, 0.1) is 16.3 Å². The van der Waals surface area contributed by atoms with Crippen LogP contribution in [-0.2, 0) is 16.6 Å². The summed E-state index contributed by atoms with van der Waals surface area (Å²) in [5.41, 5.74) is 8.68. The molecular weight excluding hydrogens is 523 g/mol. The van der Waals surface area contributed by atoms with Crippen LogP contribution in [0.15, 0.2) is 96.0 Å². The number of pyridine rings is 1. The monoisotopic (exact) mass is 554 g/mol. The van der Waals surface area contributed by atoms with Crippen LogP contribution in [-0.4, -0.2) is 53.2 Å². The highest BCUT2D eigenvalue weighted by atomic mass is 32.2. The van der Waals surface area contributed by atoms with Gasteiger partial charge in [-0.25, -0.2) is 17.8 Å². The summed E-state index contributed by atoms with van der Waals surface area (Å²) >= 11 is 0. The molecule has 204 valence electrons. The SMILES string of the molecule is Cc1ccc(C)c(-c2ccc3nc(-c4ccccc4)c(CN4CCN(S(=O)(=O)c5ccc(F)cc5)CC4)n3c2)c1. The van der Waals surface area contributed by atoms with Crippen LogP contribution in [0.4, 0.5) is 4.39 Å². The number of rotatable bonds is 6. The fourth-order valence-electron chi connectivity index (χ4n) is 5.37. The maximum Gasteiger partial charge on any atom is 0.243 e. The van der Waals surface area contributed by atoms with Crippen LogP contribution in [0.1, 0.15) is 16.8 Å². The number of fused-ring (bicyclic) bond motifs is 1. The molecule has 0 unspecified atom stereocenters. The molecule has 40 heavy (non-hydrogen) atoms. The fraction of sp³-hybridized carbons (Fsp3) is 0.219. The van der Waals surface area contributed by atoms with Crippen LogP contribution in [0, 0.1) is 19.7 Å². The number of sulfonamides is 1. The Morgan fingerprint density at radius 3 is 2.27 bits per heavy atom. The largest absolute Gasteiger partial charge is 0.301 e. The molecule has 0 spiro atoms. The highest BCUT2D eigenvalue weighted by Crippen LogP contribution is 2.30. The summed E-state index contributed by atoms with van der Waals surface area (Å²) in [6, 6.07) is 25.9. The van der Waals surface area contributed by atoms with E-state index in [1.807, 2.05) is 18.2 Å². The zero-order valence-corrected chi connectivity index (χ0v) is 23.4. The van der Waals surface area contributed by atoms with E-state index in [-0.39, 0.29) is 4.90 Å². The van der Waals surface area contributed by atoms with E-state index in [0.29, 0.717) is 32.7 Å². The van der Waals surface area contributed by atoms with Gasteiger partial charge >= 0.3 is 0 Å². The number of hydrogen-bond acceptors (Lipinski definition) is 4. The minimum Gasteiger partial charge on any atom is -0.301 e. The minimum atomic E-state index is -3.67. The summed E-state index contributed by atoms with van der Waals surface area (Å²) < 4.78 is 43.3. The lowest BCUT2D eigenvalue weighted by atomic mass is 10.00. The van der Waals surface area contributed by atoms with E-state index in [0.717, 1.165) is 28.2 Å². The Hall–Kier alpha value is -3.85. The first-order chi connectivity index (χ1) is 19.3. The van der Waals surface area contributed by atoms with Crippen LogP contribution in [0.3, 0.4) is 0 Å². The van der Waals surface area contributed by atoms with Gasteiger partial charge in [-0.05, 0) is 66.9 Å². The Balaban J connectivity index is 1.32. The van der Waals surface area contributed by atoms with E-state index in [2.05, 4.69) is 71.8 Å². The molecule has 0 saturated carbocycles.